The molecule has 0 rings (SSSR count). The second kappa shape index (κ2) is 15.8. The van der Waals surface area contributed by atoms with Gasteiger partial charge in [0, 0.05) is 13.1 Å². The Labute approximate surface area is 50.6 Å². The van der Waals surface area contributed by atoms with Crippen LogP contribution in [0, 0.1) is 0 Å². The molecule has 0 saturated heterocycles. The zero-order valence-electron chi connectivity index (χ0n) is 5.57. The first-order valence-corrected chi connectivity index (χ1v) is 2.70. The van der Waals surface area contributed by atoms with Crippen LogP contribution in [0.2, 0.25) is 0 Å². The zero-order valence-corrected chi connectivity index (χ0v) is 5.57. The van der Waals surface area contributed by atoms with Crippen LogP contribution >= 0.6 is 0 Å². The lowest BCUT2D eigenvalue weighted by Gasteiger charge is -1.77. The Morgan fingerprint density at radius 1 is 1.00 bits per heavy atom. The maximum atomic E-state index is 4.78. The predicted octanol–water partition coefficient (Wildman–Crippen LogP) is -1.06. The van der Waals surface area contributed by atoms with Crippen molar-refractivity contribution in [2.45, 2.75) is 13.8 Å². The number of hydrogen-bond acceptors (Lipinski definition) is 4. The van der Waals surface area contributed by atoms with Crippen LogP contribution in [0.4, 0.5) is 0 Å². The van der Waals surface area contributed by atoms with Crippen LogP contribution in [0.1, 0.15) is 13.8 Å². The molecule has 0 aliphatic rings. The van der Waals surface area contributed by atoms with Gasteiger partial charge in [-0.3, -0.25) is 22.5 Å². The Morgan fingerprint density at radius 3 is 1.12 bits per heavy atom. The van der Waals surface area contributed by atoms with E-state index in [2.05, 4.69) is 10.9 Å². The first-order valence-electron chi connectivity index (χ1n) is 2.70. The fourth-order valence-electron chi connectivity index (χ4n) is 0. The molecule has 6 N–H and O–H groups in total. The van der Waals surface area contributed by atoms with E-state index in [1.54, 1.807) is 0 Å². The summed E-state index contributed by atoms with van der Waals surface area (Å²) in [7, 11) is 0. The van der Waals surface area contributed by atoms with Crippen LogP contribution in [0.5, 0.6) is 0 Å². The molecule has 0 aromatic carbocycles. The summed E-state index contributed by atoms with van der Waals surface area (Å²) in [4.78, 5) is 0. The first kappa shape index (κ1) is 10.8. The summed E-state index contributed by atoms with van der Waals surface area (Å²) in [6.45, 7) is 5.58. The van der Waals surface area contributed by atoms with E-state index < -0.39 is 0 Å². The summed E-state index contributed by atoms with van der Waals surface area (Å²) < 4.78 is 0. The Kier molecular flexibility index (Phi) is 21.3. The molecule has 4 nitrogen and oxygen atoms in total. The van der Waals surface area contributed by atoms with E-state index in [0.29, 0.717) is 0 Å². The molecule has 0 radical (unpaired) electrons. The maximum absolute atomic E-state index is 4.78. The summed E-state index contributed by atoms with van der Waals surface area (Å²) >= 11 is 0. The molecule has 0 unspecified atom stereocenters. The Balaban J connectivity index is 0. The molecule has 0 fully saturated rings. The molecule has 0 aromatic heterocycles. The molecule has 8 heavy (non-hydrogen) atoms. The lowest BCUT2D eigenvalue weighted by Crippen LogP contribution is -2.20. The quantitative estimate of drug-likeness (QED) is 0.277. The molecule has 0 aliphatic carbocycles. The Bertz CT molecular complexity index is 16.0. The van der Waals surface area contributed by atoms with Crippen molar-refractivity contribution in [1.82, 2.24) is 10.9 Å². The lowest BCUT2D eigenvalue weighted by atomic mass is 10.8. The van der Waals surface area contributed by atoms with Gasteiger partial charge in [0.25, 0.3) is 0 Å². The van der Waals surface area contributed by atoms with Gasteiger partial charge in [-0.25, -0.2) is 0 Å². The molecule has 0 aliphatic heterocycles. The molecule has 0 spiro atoms. The third-order valence-electron chi connectivity index (χ3n) is 0.408. The van der Waals surface area contributed by atoms with Gasteiger partial charge in [-0.2, -0.15) is 0 Å². The summed E-state index contributed by atoms with van der Waals surface area (Å²) in [5, 5.41) is 0. The van der Waals surface area contributed by atoms with Crippen LogP contribution in [0.15, 0.2) is 0 Å². The number of hydrazine groups is 2. The highest BCUT2D eigenvalue weighted by Gasteiger charge is 1.50. The van der Waals surface area contributed by atoms with Gasteiger partial charge >= 0.3 is 0 Å². The molecular weight excluding hydrogens is 104 g/mol. The number of hydrogen-bond donors (Lipinski definition) is 4. The lowest BCUT2D eigenvalue weighted by molar-refractivity contribution is 0.781. The third kappa shape index (κ3) is 40.4. The zero-order chi connectivity index (χ0) is 6.83. The third-order valence-corrected chi connectivity index (χ3v) is 0.408. The van der Waals surface area contributed by atoms with E-state index in [1.807, 2.05) is 13.8 Å². The van der Waals surface area contributed by atoms with Crippen LogP contribution in [0.3, 0.4) is 0 Å². The molecule has 0 atom stereocenters. The predicted molar refractivity (Wildman–Crippen MR) is 35.7 cm³/mol. The minimum atomic E-state index is 0.847. The van der Waals surface area contributed by atoms with Crippen molar-refractivity contribution in [3.8, 4) is 0 Å². The maximum Gasteiger partial charge on any atom is 0.00689 e. The normalized spacial score (nSPS) is 7.50. The molecule has 0 heterocycles. The van der Waals surface area contributed by atoms with E-state index in [1.165, 1.54) is 0 Å². The van der Waals surface area contributed by atoms with Crippen molar-refractivity contribution in [1.29, 1.82) is 0 Å². The van der Waals surface area contributed by atoms with Gasteiger partial charge in [-0.15, -0.1) is 0 Å². The van der Waals surface area contributed by atoms with Crippen molar-refractivity contribution in [2.75, 3.05) is 13.1 Å². The van der Waals surface area contributed by atoms with Gasteiger partial charge in [0.1, 0.15) is 0 Å². The highest BCUT2D eigenvalue weighted by atomic mass is 15.2. The fraction of sp³-hybridized carbons (Fsp3) is 1.00. The Hall–Kier alpha value is -0.160. The number of nitrogens with one attached hydrogen (secondary N) is 2. The molecule has 0 amide bonds. The highest BCUT2D eigenvalue weighted by molar-refractivity contribution is 4.11. The van der Waals surface area contributed by atoms with E-state index in [-0.39, 0.29) is 0 Å². The second-order valence-corrected chi connectivity index (χ2v) is 1.12. The van der Waals surface area contributed by atoms with Gasteiger partial charge in [0.15, 0.2) is 0 Å². The van der Waals surface area contributed by atoms with Crippen LogP contribution in [0.25, 0.3) is 0 Å². The van der Waals surface area contributed by atoms with E-state index >= 15 is 0 Å². The van der Waals surface area contributed by atoms with Crippen molar-refractivity contribution < 1.29 is 0 Å². The number of nitrogens with two attached hydrogens (primary N) is 2. The fourth-order valence-corrected chi connectivity index (χ4v) is 0. The number of rotatable bonds is 2. The van der Waals surface area contributed by atoms with Crippen molar-refractivity contribution in [3.05, 3.63) is 0 Å². The molecule has 0 aromatic rings. The monoisotopic (exact) mass is 120 g/mol. The van der Waals surface area contributed by atoms with Gasteiger partial charge in [-0.1, -0.05) is 13.8 Å². The molecule has 0 bridgehead atoms. The van der Waals surface area contributed by atoms with E-state index in [4.69, 9.17) is 11.7 Å². The van der Waals surface area contributed by atoms with Gasteiger partial charge in [-0.05, 0) is 0 Å². The van der Waals surface area contributed by atoms with Gasteiger partial charge < -0.3 is 0 Å². The summed E-state index contributed by atoms with van der Waals surface area (Å²) in [6, 6.07) is 0. The average molecular weight is 120 g/mol. The Morgan fingerprint density at radius 2 is 1.12 bits per heavy atom. The van der Waals surface area contributed by atoms with Gasteiger partial charge in [0.2, 0.25) is 0 Å². The summed E-state index contributed by atoms with van der Waals surface area (Å²) in [5.74, 6) is 9.56. The summed E-state index contributed by atoms with van der Waals surface area (Å²) in [5.41, 5.74) is 4.86. The summed E-state index contributed by atoms with van der Waals surface area (Å²) in [6.07, 6.45) is 0. The standard InChI is InChI=1S/2C2H8N2/c2*1-2-4-3/h2*4H,2-3H2,1H3. The van der Waals surface area contributed by atoms with E-state index in [9.17, 15) is 0 Å². The average Bonchev–Trinajstić information content (AvgIpc) is 1.88. The minimum Gasteiger partial charge on any atom is -0.271 e. The van der Waals surface area contributed by atoms with Crippen molar-refractivity contribution in [3.63, 3.8) is 0 Å². The van der Waals surface area contributed by atoms with Crippen LogP contribution in [-0.4, -0.2) is 13.1 Å². The SMILES string of the molecule is CCNN.CCNN. The van der Waals surface area contributed by atoms with Gasteiger partial charge in [0.05, 0.1) is 0 Å². The second-order valence-electron chi connectivity index (χ2n) is 1.12. The molecule has 0 saturated carbocycles. The van der Waals surface area contributed by atoms with Crippen molar-refractivity contribution >= 4 is 0 Å². The molecular formula is C4H16N4. The minimum absolute atomic E-state index is 0.847. The molecule has 4 heteroatoms. The first-order chi connectivity index (χ1) is 3.83. The highest BCUT2D eigenvalue weighted by Crippen LogP contribution is 1.30. The van der Waals surface area contributed by atoms with E-state index in [0.717, 1.165) is 13.1 Å². The largest absolute Gasteiger partial charge is 0.271 e. The topological polar surface area (TPSA) is 76.1 Å². The van der Waals surface area contributed by atoms with Crippen LogP contribution < -0.4 is 22.5 Å². The molecule has 52 valence electrons. The smallest absolute Gasteiger partial charge is 0.00689 e. The van der Waals surface area contributed by atoms with Crippen molar-refractivity contribution in [2.24, 2.45) is 11.7 Å². The van der Waals surface area contributed by atoms with Crippen LogP contribution in [-0.2, 0) is 0 Å².